The van der Waals surface area contributed by atoms with Crippen LogP contribution >= 0.6 is 11.6 Å². The molecule has 0 N–H and O–H groups in total. The average molecular weight is 247 g/mol. The van der Waals surface area contributed by atoms with E-state index in [0.717, 1.165) is 35.0 Å². The molecule has 1 aromatic carbocycles. The number of fused-ring (bicyclic) bond motifs is 1. The lowest BCUT2D eigenvalue weighted by Gasteiger charge is -2.26. The van der Waals surface area contributed by atoms with Gasteiger partial charge in [0, 0.05) is 29.7 Å². The zero-order valence-electron chi connectivity index (χ0n) is 9.43. The van der Waals surface area contributed by atoms with Gasteiger partial charge in [-0.1, -0.05) is 11.6 Å². The van der Waals surface area contributed by atoms with Crippen molar-refractivity contribution in [2.45, 2.75) is 12.8 Å². The molecule has 0 aliphatic carbocycles. The van der Waals surface area contributed by atoms with E-state index in [-0.39, 0.29) is 0 Å². The highest BCUT2D eigenvalue weighted by molar-refractivity contribution is 6.31. The minimum atomic E-state index is 0.722. The number of hydrogen-bond donors (Lipinski definition) is 0. The van der Waals surface area contributed by atoms with E-state index in [1.54, 1.807) is 0 Å². The van der Waals surface area contributed by atoms with E-state index in [2.05, 4.69) is 21.3 Å². The van der Waals surface area contributed by atoms with Gasteiger partial charge in [-0.25, -0.2) is 9.97 Å². The fourth-order valence-electron chi connectivity index (χ4n) is 2.09. The minimum Gasteiger partial charge on any atom is -0.341 e. The Morgan fingerprint density at radius 1 is 1.29 bits per heavy atom. The van der Waals surface area contributed by atoms with Crippen LogP contribution in [0.1, 0.15) is 12.8 Å². The summed E-state index contributed by atoms with van der Waals surface area (Å²) in [5, 5.41) is 1.71. The zero-order chi connectivity index (χ0) is 11.7. The maximum absolute atomic E-state index is 5.94. The Morgan fingerprint density at radius 3 is 3.06 bits per heavy atom. The van der Waals surface area contributed by atoms with Crippen LogP contribution in [-0.4, -0.2) is 23.1 Å². The van der Waals surface area contributed by atoms with Gasteiger partial charge in [0.1, 0.15) is 0 Å². The van der Waals surface area contributed by atoms with Gasteiger partial charge in [0.2, 0.25) is 5.95 Å². The summed E-state index contributed by atoms with van der Waals surface area (Å²) in [6.07, 6.45) is 6.50. The normalized spacial score (nSPS) is 16.4. The van der Waals surface area contributed by atoms with E-state index in [1.807, 2.05) is 24.4 Å². The molecule has 87 valence electrons. The molecule has 1 aliphatic heterocycles. The van der Waals surface area contributed by atoms with Gasteiger partial charge in [-0.2, -0.15) is 0 Å². The second-order valence-corrected chi connectivity index (χ2v) is 4.69. The maximum atomic E-state index is 5.94. The molecular formula is C13H13ClN3. The van der Waals surface area contributed by atoms with Crippen molar-refractivity contribution < 1.29 is 0 Å². The molecule has 0 saturated carbocycles. The molecule has 4 heteroatoms. The van der Waals surface area contributed by atoms with Crippen molar-refractivity contribution in [3.05, 3.63) is 35.8 Å². The molecule has 3 nitrogen and oxygen atoms in total. The molecule has 0 amide bonds. The lowest BCUT2D eigenvalue weighted by atomic mass is 10.1. The summed E-state index contributed by atoms with van der Waals surface area (Å²) >= 11 is 5.94. The van der Waals surface area contributed by atoms with Crippen LogP contribution < -0.4 is 4.90 Å². The SMILES string of the molecule is Clc1ccc2nc(N3C[CH]CCC3)ncc2c1. The topological polar surface area (TPSA) is 29.0 Å². The Bertz CT molecular complexity index is 535. The Balaban J connectivity index is 1.98. The quantitative estimate of drug-likeness (QED) is 0.774. The van der Waals surface area contributed by atoms with Gasteiger partial charge in [-0.3, -0.25) is 0 Å². The van der Waals surface area contributed by atoms with E-state index in [4.69, 9.17) is 11.6 Å². The van der Waals surface area contributed by atoms with Gasteiger partial charge in [0.15, 0.2) is 0 Å². The highest BCUT2D eigenvalue weighted by Crippen LogP contribution is 2.21. The molecule has 17 heavy (non-hydrogen) atoms. The first kappa shape index (κ1) is 10.8. The Kier molecular flexibility index (Phi) is 2.85. The standard InChI is InChI=1S/C13H13ClN3/c14-11-4-5-12-10(8-11)9-15-13(16-12)17-6-2-1-3-7-17/h2,4-5,8-9H,1,3,6-7H2. The number of nitrogens with zero attached hydrogens (tertiary/aromatic N) is 3. The predicted molar refractivity (Wildman–Crippen MR) is 70.3 cm³/mol. The second-order valence-electron chi connectivity index (χ2n) is 4.25. The number of hydrogen-bond acceptors (Lipinski definition) is 3. The minimum absolute atomic E-state index is 0.722. The molecule has 0 atom stereocenters. The van der Waals surface area contributed by atoms with Gasteiger partial charge in [-0.05, 0) is 37.5 Å². The van der Waals surface area contributed by atoms with E-state index in [1.165, 1.54) is 12.8 Å². The third-order valence-electron chi connectivity index (χ3n) is 3.00. The summed E-state index contributed by atoms with van der Waals surface area (Å²) in [5.41, 5.74) is 0.949. The monoisotopic (exact) mass is 246 g/mol. The molecule has 0 spiro atoms. The van der Waals surface area contributed by atoms with Crippen molar-refractivity contribution in [1.29, 1.82) is 0 Å². The van der Waals surface area contributed by atoms with Crippen LogP contribution in [0.3, 0.4) is 0 Å². The van der Waals surface area contributed by atoms with Gasteiger partial charge in [0.05, 0.1) is 5.52 Å². The van der Waals surface area contributed by atoms with Crippen LogP contribution in [0.15, 0.2) is 24.4 Å². The lowest BCUT2D eigenvalue weighted by molar-refractivity contribution is 0.658. The van der Waals surface area contributed by atoms with Gasteiger partial charge < -0.3 is 4.90 Å². The molecule has 1 aromatic heterocycles. The summed E-state index contributed by atoms with van der Waals surface area (Å²) in [7, 11) is 0. The number of piperidine rings is 1. The highest BCUT2D eigenvalue weighted by Gasteiger charge is 2.13. The number of aromatic nitrogens is 2. The fraction of sp³-hybridized carbons (Fsp3) is 0.308. The molecule has 0 unspecified atom stereocenters. The predicted octanol–water partition coefficient (Wildman–Crippen LogP) is 3.09. The zero-order valence-corrected chi connectivity index (χ0v) is 10.2. The first-order chi connectivity index (χ1) is 8.33. The van der Waals surface area contributed by atoms with Crippen molar-refractivity contribution in [3.8, 4) is 0 Å². The number of anilines is 1. The molecular weight excluding hydrogens is 234 g/mol. The summed E-state index contributed by atoms with van der Waals surface area (Å²) in [5.74, 6) is 0.816. The number of halogens is 1. The lowest BCUT2D eigenvalue weighted by Crippen LogP contribution is -2.31. The number of rotatable bonds is 1. The largest absolute Gasteiger partial charge is 0.341 e. The third kappa shape index (κ3) is 2.20. The number of benzene rings is 1. The van der Waals surface area contributed by atoms with Crippen LogP contribution in [0.5, 0.6) is 0 Å². The molecule has 1 radical (unpaired) electrons. The van der Waals surface area contributed by atoms with Crippen molar-refractivity contribution in [1.82, 2.24) is 9.97 Å². The third-order valence-corrected chi connectivity index (χ3v) is 3.23. The maximum Gasteiger partial charge on any atom is 0.225 e. The highest BCUT2D eigenvalue weighted by atomic mass is 35.5. The molecule has 2 aromatic rings. The molecule has 1 aliphatic rings. The molecule has 0 bridgehead atoms. The van der Waals surface area contributed by atoms with E-state index < -0.39 is 0 Å². The first-order valence-electron chi connectivity index (χ1n) is 5.82. The van der Waals surface area contributed by atoms with E-state index in [0.29, 0.717) is 0 Å². The van der Waals surface area contributed by atoms with Crippen LogP contribution in [-0.2, 0) is 0 Å². The van der Waals surface area contributed by atoms with Crippen LogP contribution in [0.25, 0.3) is 10.9 Å². The summed E-state index contributed by atoms with van der Waals surface area (Å²) in [6.45, 7) is 1.98. The molecule has 2 heterocycles. The summed E-state index contributed by atoms with van der Waals surface area (Å²) < 4.78 is 0. The van der Waals surface area contributed by atoms with E-state index in [9.17, 15) is 0 Å². The average Bonchev–Trinajstić information content (AvgIpc) is 2.39. The van der Waals surface area contributed by atoms with Gasteiger partial charge in [0.25, 0.3) is 0 Å². The van der Waals surface area contributed by atoms with Crippen LogP contribution in [0.2, 0.25) is 5.02 Å². The fourth-order valence-corrected chi connectivity index (χ4v) is 2.27. The second kappa shape index (κ2) is 4.49. The van der Waals surface area contributed by atoms with Crippen molar-refractivity contribution in [2.24, 2.45) is 0 Å². The van der Waals surface area contributed by atoms with Gasteiger partial charge >= 0.3 is 0 Å². The smallest absolute Gasteiger partial charge is 0.225 e. The van der Waals surface area contributed by atoms with Gasteiger partial charge in [-0.15, -0.1) is 0 Å². The van der Waals surface area contributed by atoms with E-state index >= 15 is 0 Å². The molecule has 1 fully saturated rings. The summed E-state index contributed by atoms with van der Waals surface area (Å²) in [6, 6.07) is 5.70. The Labute approximate surface area is 105 Å². The molecule has 1 saturated heterocycles. The van der Waals surface area contributed by atoms with Crippen molar-refractivity contribution >= 4 is 28.5 Å². The first-order valence-corrected chi connectivity index (χ1v) is 6.20. The Hall–Kier alpha value is -1.35. The molecule has 3 rings (SSSR count). The van der Waals surface area contributed by atoms with Crippen LogP contribution in [0, 0.1) is 6.42 Å². The van der Waals surface area contributed by atoms with Crippen molar-refractivity contribution in [2.75, 3.05) is 18.0 Å². The Morgan fingerprint density at radius 2 is 2.24 bits per heavy atom. The summed E-state index contributed by atoms with van der Waals surface area (Å²) in [4.78, 5) is 11.2. The van der Waals surface area contributed by atoms with Crippen LogP contribution in [0.4, 0.5) is 5.95 Å². The van der Waals surface area contributed by atoms with Crippen molar-refractivity contribution in [3.63, 3.8) is 0 Å².